The molecule has 2 aliphatic rings. The summed E-state index contributed by atoms with van der Waals surface area (Å²) in [7, 11) is -2.94. The maximum atomic E-state index is 14.4. The van der Waals surface area contributed by atoms with E-state index >= 15 is 0 Å². The lowest BCUT2D eigenvalue weighted by molar-refractivity contribution is -0.232. The molecule has 5 atom stereocenters. The first-order valence-electron chi connectivity index (χ1n) is 16.0. The van der Waals surface area contributed by atoms with Crippen LogP contribution in [-0.4, -0.2) is 62.2 Å². The number of ether oxygens (including phenoxy) is 5. The molecule has 1 saturated heterocycles. The second kappa shape index (κ2) is 16.2. The lowest BCUT2D eigenvalue weighted by atomic mass is 9.99. The Morgan fingerprint density at radius 2 is 1.22 bits per heavy atom. The highest BCUT2D eigenvalue weighted by molar-refractivity contribution is 8.04. The molecule has 0 aromatic heterocycles. The van der Waals surface area contributed by atoms with E-state index in [0.717, 1.165) is 16.7 Å². The van der Waals surface area contributed by atoms with Gasteiger partial charge in [-0.25, -0.2) is 17.5 Å². The number of hydrogen-bond acceptors (Lipinski definition) is 9. The number of nitrogens with zero attached hydrogens (tertiary/aromatic N) is 1. The average molecular weight is 702 g/mol. The van der Waals surface area contributed by atoms with E-state index in [1.807, 2.05) is 91.0 Å². The van der Waals surface area contributed by atoms with E-state index in [0.29, 0.717) is 6.61 Å². The Bertz CT molecular complexity index is 1810. The van der Waals surface area contributed by atoms with Crippen molar-refractivity contribution in [2.45, 2.75) is 61.4 Å². The van der Waals surface area contributed by atoms with Crippen molar-refractivity contribution in [1.82, 2.24) is 4.31 Å². The molecule has 4 aromatic rings. The van der Waals surface area contributed by atoms with Crippen molar-refractivity contribution in [1.29, 1.82) is 0 Å². The fourth-order valence-corrected chi connectivity index (χ4v) is 9.12. The highest BCUT2D eigenvalue weighted by Crippen LogP contribution is 2.47. The molecule has 0 aliphatic carbocycles. The second-order valence-corrected chi connectivity index (χ2v) is 14.7. The molecule has 4 aromatic carbocycles. The Hall–Kier alpha value is -3.97. The fraction of sp³-hybridized carbons (Fsp3) is 0.289. The van der Waals surface area contributed by atoms with Crippen LogP contribution in [0.4, 0.5) is 0 Å². The van der Waals surface area contributed by atoms with Gasteiger partial charge in [0.15, 0.2) is 6.23 Å². The van der Waals surface area contributed by atoms with Crippen LogP contribution >= 0.6 is 11.8 Å². The molecule has 0 spiro atoms. The van der Waals surface area contributed by atoms with Gasteiger partial charge < -0.3 is 23.7 Å². The fourth-order valence-electron chi connectivity index (χ4n) is 5.96. The highest BCUT2D eigenvalue weighted by Gasteiger charge is 2.55. The Morgan fingerprint density at radius 1 is 0.735 bits per heavy atom. The van der Waals surface area contributed by atoms with Crippen LogP contribution in [0.1, 0.15) is 23.6 Å². The molecule has 2 aliphatic heterocycles. The number of fused-ring (bicyclic) bond motifs is 1. The number of hydrogen-bond donors (Lipinski definition) is 0. The quantitative estimate of drug-likeness (QED) is 0.149. The summed E-state index contributed by atoms with van der Waals surface area (Å²) < 4.78 is 61.6. The highest BCUT2D eigenvalue weighted by atomic mass is 32.2. The molecule has 0 saturated carbocycles. The molecular formula is C38H39NO8S2. The number of methoxy groups -OCH3 is 1. The van der Waals surface area contributed by atoms with E-state index in [1.54, 1.807) is 25.1 Å². The Morgan fingerprint density at radius 3 is 1.76 bits per heavy atom. The van der Waals surface area contributed by atoms with Crippen LogP contribution in [0.5, 0.6) is 0 Å². The van der Waals surface area contributed by atoms with E-state index < -0.39 is 45.8 Å². The van der Waals surface area contributed by atoms with E-state index in [2.05, 4.69) is 0 Å². The van der Waals surface area contributed by atoms with Gasteiger partial charge in [-0.05, 0) is 35.7 Å². The Labute approximate surface area is 291 Å². The van der Waals surface area contributed by atoms with Crippen molar-refractivity contribution < 1.29 is 36.9 Å². The molecular weight excluding hydrogens is 663 g/mol. The van der Waals surface area contributed by atoms with Gasteiger partial charge in [-0.2, -0.15) is 0 Å². The molecule has 0 radical (unpaired) electrons. The van der Waals surface area contributed by atoms with E-state index in [-0.39, 0.29) is 35.3 Å². The molecule has 2 heterocycles. The third-order valence-electron chi connectivity index (χ3n) is 8.39. The number of sulfonamides is 1. The molecule has 11 heteroatoms. The van der Waals surface area contributed by atoms with Gasteiger partial charge in [0.1, 0.15) is 23.2 Å². The number of benzene rings is 4. The maximum absolute atomic E-state index is 14.4. The van der Waals surface area contributed by atoms with Crippen molar-refractivity contribution in [3.63, 3.8) is 0 Å². The normalized spacial score (nSPS) is 22.4. The molecule has 256 valence electrons. The van der Waals surface area contributed by atoms with Crippen LogP contribution in [0.25, 0.3) is 0 Å². The summed E-state index contributed by atoms with van der Waals surface area (Å²) in [5.41, 5.74) is 3.07. The minimum absolute atomic E-state index is 0.0638. The van der Waals surface area contributed by atoms with Gasteiger partial charge in [-0.3, -0.25) is 0 Å². The Kier molecular flexibility index (Phi) is 11.5. The van der Waals surface area contributed by atoms with Crippen LogP contribution in [0.15, 0.2) is 137 Å². The minimum Gasteiger partial charge on any atom is -0.465 e. The van der Waals surface area contributed by atoms with Gasteiger partial charge in [-0.1, -0.05) is 109 Å². The number of thioether (sulfide) groups is 1. The number of esters is 1. The average Bonchev–Trinajstić information content (AvgIpc) is 3.14. The second-order valence-electron chi connectivity index (χ2n) is 11.7. The molecule has 6 rings (SSSR count). The summed E-state index contributed by atoms with van der Waals surface area (Å²) >= 11 is 1.19. The van der Waals surface area contributed by atoms with Crippen LogP contribution < -0.4 is 0 Å². The van der Waals surface area contributed by atoms with Crippen molar-refractivity contribution >= 4 is 27.8 Å². The van der Waals surface area contributed by atoms with Gasteiger partial charge in [0, 0.05) is 5.70 Å². The number of rotatable bonds is 13. The molecule has 9 nitrogen and oxygen atoms in total. The summed E-state index contributed by atoms with van der Waals surface area (Å²) in [4.78, 5) is 13.4. The smallest absolute Gasteiger partial charge is 0.346 e. The van der Waals surface area contributed by atoms with Gasteiger partial charge in [-0.15, -0.1) is 11.8 Å². The van der Waals surface area contributed by atoms with Crippen LogP contribution in [0, 0.1) is 0 Å². The molecule has 0 N–H and O–H groups in total. The minimum atomic E-state index is -4.21. The lowest BCUT2D eigenvalue weighted by Gasteiger charge is -2.51. The molecule has 0 bridgehead atoms. The first kappa shape index (κ1) is 34.9. The van der Waals surface area contributed by atoms with Gasteiger partial charge in [0.2, 0.25) is 0 Å². The van der Waals surface area contributed by atoms with Crippen molar-refractivity contribution in [2.24, 2.45) is 0 Å². The monoisotopic (exact) mass is 701 g/mol. The maximum Gasteiger partial charge on any atom is 0.346 e. The number of carbonyl (C=O) groups is 1. The predicted octanol–water partition coefficient (Wildman–Crippen LogP) is 6.31. The van der Waals surface area contributed by atoms with Crippen molar-refractivity contribution in [2.75, 3.05) is 13.7 Å². The molecule has 1 fully saturated rings. The third-order valence-corrected chi connectivity index (χ3v) is 11.7. The van der Waals surface area contributed by atoms with E-state index in [9.17, 15) is 13.2 Å². The zero-order chi connectivity index (χ0) is 34.2. The van der Waals surface area contributed by atoms with E-state index in [1.165, 1.54) is 35.3 Å². The van der Waals surface area contributed by atoms with Crippen molar-refractivity contribution in [3.8, 4) is 0 Å². The zero-order valence-corrected chi connectivity index (χ0v) is 28.9. The third kappa shape index (κ3) is 8.09. The SMILES string of the molecule is COC(=O)C1=C(C)N(S(=O)(=O)c2ccccc2)[C@@H]2O[C@H](COCc3ccccc3)[C@@H](OCc3ccccc3)[C@@H](OCc3ccccc3)[C@@H]2S1. The van der Waals surface area contributed by atoms with E-state index in [4.69, 9.17) is 23.7 Å². The lowest BCUT2D eigenvalue weighted by Crippen LogP contribution is -2.65. The number of allylic oxidation sites excluding steroid dienone is 1. The Balaban J connectivity index is 1.42. The standard InChI is InChI=1S/C38H39NO8S2/c1-27-35(38(40)43-2)48-36-34(46-25-30-19-11-5-12-20-30)33(45-24-29-17-9-4-10-18-29)32(26-44-23-28-15-7-3-8-16-28)47-37(36)39(27)49(41,42)31-21-13-6-14-22-31/h3-22,32-34,36-37H,23-26H2,1-2H3/t32-,33-,34-,36+,37-/m1/s1. The number of carbonyl (C=O) groups excluding carboxylic acids is 1. The summed E-state index contributed by atoms with van der Waals surface area (Å²) in [5.74, 6) is -0.647. The molecule has 49 heavy (non-hydrogen) atoms. The molecule has 0 amide bonds. The first-order valence-corrected chi connectivity index (χ1v) is 18.3. The van der Waals surface area contributed by atoms with Crippen molar-refractivity contribution in [3.05, 3.63) is 149 Å². The molecule has 0 unspecified atom stereocenters. The predicted molar refractivity (Wildman–Crippen MR) is 186 cm³/mol. The van der Waals surface area contributed by atoms with Gasteiger partial charge in [0.05, 0.1) is 43.7 Å². The topological polar surface area (TPSA) is 101 Å². The van der Waals surface area contributed by atoms with Crippen LogP contribution in [0.3, 0.4) is 0 Å². The van der Waals surface area contributed by atoms with Gasteiger partial charge in [0.25, 0.3) is 10.0 Å². The first-order chi connectivity index (χ1) is 23.9. The largest absolute Gasteiger partial charge is 0.465 e. The van der Waals surface area contributed by atoms with Gasteiger partial charge >= 0.3 is 5.97 Å². The zero-order valence-electron chi connectivity index (χ0n) is 27.3. The summed E-state index contributed by atoms with van der Waals surface area (Å²) in [6.45, 7) is 2.49. The summed E-state index contributed by atoms with van der Waals surface area (Å²) in [6.07, 6.45) is -3.24. The summed E-state index contributed by atoms with van der Waals surface area (Å²) in [5, 5.41) is -0.717. The van der Waals surface area contributed by atoms with Crippen LogP contribution in [0.2, 0.25) is 0 Å². The van der Waals surface area contributed by atoms with Crippen LogP contribution in [-0.2, 0) is 58.3 Å². The summed E-state index contributed by atoms with van der Waals surface area (Å²) in [6, 6.07) is 37.4.